The van der Waals surface area contributed by atoms with Crippen molar-refractivity contribution in [1.82, 2.24) is 10.2 Å². The molecule has 0 aromatic heterocycles. The molecular formula is C15H23N3O3. The first-order valence-corrected chi connectivity index (χ1v) is 7.22. The normalized spacial score (nSPS) is 15.7. The second-order valence-corrected chi connectivity index (χ2v) is 5.02. The van der Waals surface area contributed by atoms with Gasteiger partial charge in [-0.3, -0.25) is 9.69 Å². The Kier molecular flexibility index (Phi) is 5.83. The highest BCUT2D eigenvalue weighted by Gasteiger charge is 2.13. The van der Waals surface area contributed by atoms with Crippen LogP contribution in [0.3, 0.4) is 0 Å². The predicted molar refractivity (Wildman–Crippen MR) is 81.6 cm³/mol. The molecule has 0 atom stereocenters. The number of carbonyl (C=O) groups is 1. The molecule has 1 aromatic carbocycles. The summed E-state index contributed by atoms with van der Waals surface area (Å²) in [5, 5.41) is 2.92. The van der Waals surface area contributed by atoms with E-state index in [1.807, 2.05) is 0 Å². The highest BCUT2D eigenvalue weighted by Crippen LogP contribution is 2.21. The molecule has 1 amide bonds. The lowest BCUT2D eigenvalue weighted by Crippen LogP contribution is -2.38. The van der Waals surface area contributed by atoms with Crippen LogP contribution in [0.4, 0.5) is 5.69 Å². The summed E-state index contributed by atoms with van der Waals surface area (Å²) >= 11 is 0. The molecular weight excluding hydrogens is 270 g/mol. The number of ether oxygens (including phenoxy) is 2. The average molecular weight is 293 g/mol. The standard InChI is InChI=1S/C15H23N3O3/c1-20-14-11-12(16)3-4-13(14)15(19)17-5-2-6-18-7-9-21-10-8-18/h3-4,11H,2,5-10,16H2,1H3,(H,17,19). The summed E-state index contributed by atoms with van der Waals surface area (Å²) in [6.07, 6.45) is 0.920. The number of anilines is 1. The maximum absolute atomic E-state index is 12.1. The van der Waals surface area contributed by atoms with E-state index in [4.69, 9.17) is 15.2 Å². The molecule has 1 aromatic rings. The Bertz CT molecular complexity index is 473. The Balaban J connectivity index is 1.76. The third kappa shape index (κ3) is 4.61. The van der Waals surface area contributed by atoms with Crippen molar-refractivity contribution in [1.29, 1.82) is 0 Å². The van der Waals surface area contributed by atoms with Gasteiger partial charge in [-0.05, 0) is 25.1 Å². The minimum Gasteiger partial charge on any atom is -0.496 e. The number of nitrogens with zero attached hydrogens (tertiary/aromatic N) is 1. The molecule has 1 aliphatic rings. The summed E-state index contributed by atoms with van der Waals surface area (Å²) in [6.45, 7) is 5.16. The number of nitrogens with one attached hydrogen (secondary N) is 1. The molecule has 0 bridgehead atoms. The number of methoxy groups -OCH3 is 1. The smallest absolute Gasteiger partial charge is 0.255 e. The molecule has 1 fully saturated rings. The first kappa shape index (κ1) is 15.6. The third-order valence-electron chi connectivity index (χ3n) is 3.51. The fourth-order valence-corrected chi connectivity index (χ4v) is 2.32. The molecule has 0 saturated carbocycles. The van der Waals surface area contributed by atoms with E-state index in [-0.39, 0.29) is 5.91 Å². The molecule has 0 radical (unpaired) electrons. The van der Waals surface area contributed by atoms with Crippen molar-refractivity contribution in [3.8, 4) is 5.75 Å². The van der Waals surface area contributed by atoms with Crippen LogP contribution in [0.2, 0.25) is 0 Å². The molecule has 6 heteroatoms. The summed E-state index contributed by atoms with van der Waals surface area (Å²) in [5.41, 5.74) is 6.77. The van der Waals surface area contributed by atoms with E-state index in [9.17, 15) is 4.79 Å². The Morgan fingerprint density at radius 3 is 2.90 bits per heavy atom. The topological polar surface area (TPSA) is 76.8 Å². The van der Waals surface area contributed by atoms with Gasteiger partial charge in [0.1, 0.15) is 5.75 Å². The van der Waals surface area contributed by atoms with Crippen LogP contribution in [0.5, 0.6) is 5.75 Å². The molecule has 1 aliphatic heterocycles. The minimum absolute atomic E-state index is 0.131. The predicted octanol–water partition coefficient (Wildman–Crippen LogP) is 0.730. The highest BCUT2D eigenvalue weighted by molar-refractivity contribution is 5.97. The molecule has 21 heavy (non-hydrogen) atoms. The van der Waals surface area contributed by atoms with Gasteiger partial charge >= 0.3 is 0 Å². The van der Waals surface area contributed by atoms with Gasteiger partial charge in [-0.15, -0.1) is 0 Å². The van der Waals surface area contributed by atoms with Crippen LogP contribution >= 0.6 is 0 Å². The molecule has 116 valence electrons. The van der Waals surface area contributed by atoms with Crippen molar-refractivity contribution in [3.63, 3.8) is 0 Å². The Morgan fingerprint density at radius 1 is 1.43 bits per heavy atom. The van der Waals surface area contributed by atoms with Gasteiger partial charge in [-0.25, -0.2) is 0 Å². The van der Waals surface area contributed by atoms with Crippen LogP contribution in [-0.2, 0) is 4.74 Å². The van der Waals surface area contributed by atoms with Crippen molar-refractivity contribution in [2.45, 2.75) is 6.42 Å². The largest absolute Gasteiger partial charge is 0.496 e. The summed E-state index contributed by atoms with van der Waals surface area (Å²) in [6, 6.07) is 5.04. The van der Waals surface area contributed by atoms with Gasteiger partial charge in [0, 0.05) is 31.4 Å². The average Bonchev–Trinajstić information content (AvgIpc) is 2.52. The molecule has 2 rings (SSSR count). The van der Waals surface area contributed by atoms with Gasteiger partial charge in [-0.2, -0.15) is 0 Å². The SMILES string of the molecule is COc1cc(N)ccc1C(=O)NCCCN1CCOCC1. The molecule has 6 nitrogen and oxygen atoms in total. The van der Waals surface area contributed by atoms with Crippen LogP contribution in [0.15, 0.2) is 18.2 Å². The molecule has 1 saturated heterocycles. The Morgan fingerprint density at radius 2 is 2.19 bits per heavy atom. The van der Waals surface area contributed by atoms with Gasteiger partial charge in [0.15, 0.2) is 0 Å². The van der Waals surface area contributed by atoms with Gasteiger partial charge in [0.05, 0.1) is 25.9 Å². The van der Waals surface area contributed by atoms with Crippen LogP contribution in [0.25, 0.3) is 0 Å². The maximum atomic E-state index is 12.1. The van der Waals surface area contributed by atoms with Gasteiger partial charge in [-0.1, -0.05) is 0 Å². The number of hydrogen-bond acceptors (Lipinski definition) is 5. The summed E-state index contributed by atoms with van der Waals surface area (Å²) in [5.74, 6) is 0.370. The van der Waals surface area contributed by atoms with Crippen molar-refractivity contribution in [2.75, 3.05) is 52.2 Å². The van der Waals surface area contributed by atoms with E-state index >= 15 is 0 Å². The number of morpholine rings is 1. The zero-order valence-corrected chi connectivity index (χ0v) is 12.4. The number of nitrogens with two attached hydrogens (primary N) is 1. The number of hydrogen-bond donors (Lipinski definition) is 2. The van der Waals surface area contributed by atoms with Gasteiger partial charge in [0.25, 0.3) is 5.91 Å². The van der Waals surface area contributed by atoms with Crippen molar-refractivity contribution >= 4 is 11.6 Å². The van der Waals surface area contributed by atoms with E-state index in [0.717, 1.165) is 39.3 Å². The quantitative estimate of drug-likeness (QED) is 0.597. The van der Waals surface area contributed by atoms with Crippen molar-refractivity contribution < 1.29 is 14.3 Å². The molecule has 1 heterocycles. The van der Waals surface area contributed by atoms with E-state index in [0.29, 0.717) is 23.5 Å². The van der Waals surface area contributed by atoms with E-state index in [1.54, 1.807) is 18.2 Å². The second-order valence-electron chi connectivity index (χ2n) is 5.02. The van der Waals surface area contributed by atoms with Crippen LogP contribution < -0.4 is 15.8 Å². The van der Waals surface area contributed by atoms with Gasteiger partial charge in [0.2, 0.25) is 0 Å². The number of carbonyl (C=O) groups excluding carboxylic acids is 1. The maximum Gasteiger partial charge on any atom is 0.255 e. The molecule has 3 N–H and O–H groups in total. The fraction of sp³-hybridized carbons (Fsp3) is 0.533. The Labute approximate surface area is 125 Å². The van der Waals surface area contributed by atoms with Crippen molar-refractivity contribution in [3.05, 3.63) is 23.8 Å². The summed E-state index contributed by atoms with van der Waals surface area (Å²) in [4.78, 5) is 14.5. The van der Waals surface area contributed by atoms with Crippen LogP contribution in [0, 0.1) is 0 Å². The summed E-state index contributed by atoms with van der Waals surface area (Å²) in [7, 11) is 1.53. The molecule has 0 unspecified atom stereocenters. The lowest BCUT2D eigenvalue weighted by molar-refractivity contribution is 0.0374. The lowest BCUT2D eigenvalue weighted by Gasteiger charge is -2.26. The Hall–Kier alpha value is -1.79. The zero-order chi connectivity index (χ0) is 15.1. The first-order chi connectivity index (χ1) is 10.2. The zero-order valence-electron chi connectivity index (χ0n) is 12.4. The lowest BCUT2D eigenvalue weighted by atomic mass is 10.1. The minimum atomic E-state index is -0.131. The second kappa shape index (κ2) is 7.85. The molecule has 0 aliphatic carbocycles. The van der Waals surface area contributed by atoms with E-state index < -0.39 is 0 Å². The van der Waals surface area contributed by atoms with E-state index in [1.165, 1.54) is 7.11 Å². The first-order valence-electron chi connectivity index (χ1n) is 7.22. The van der Waals surface area contributed by atoms with Gasteiger partial charge < -0.3 is 20.5 Å². The van der Waals surface area contributed by atoms with Crippen molar-refractivity contribution in [2.24, 2.45) is 0 Å². The van der Waals surface area contributed by atoms with E-state index in [2.05, 4.69) is 10.2 Å². The summed E-state index contributed by atoms with van der Waals surface area (Å²) < 4.78 is 10.5. The number of rotatable bonds is 6. The van der Waals surface area contributed by atoms with Crippen LogP contribution in [0.1, 0.15) is 16.8 Å². The highest BCUT2D eigenvalue weighted by atomic mass is 16.5. The number of benzene rings is 1. The molecule has 0 spiro atoms. The third-order valence-corrected chi connectivity index (χ3v) is 3.51. The monoisotopic (exact) mass is 293 g/mol. The fourth-order valence-electron chi connectivity index (χ4n) is 2.32. The van der Waals surface area contributed by atoms with Crippen LogP contribution in [-0.4, -0.2) is 57.3 Å². The number of nitrogen functional groups attached to an aromatic ring is 1. The number of amides is 1.